The van der Waals surface area contributed by atoms with Gasteiger partial charge in [-0.3, -0.25) is 14.6 Å². The molecule has 1 aromatic carbocycles. The predicted molar refractivity (Wildman–Crippen MR) is 118 cm³/mol. The van der Waals surface area contributed by atoms with Crippen molar-refractivity contribution in [3.63, 3.8) is 0 Å². The van der Waals surface area contributed by atoms with Crippen molar-refractivity contribution in [2.75, 3.05) is 18.0 Å². The van der Waals surface area contributed by atoms with Gasteiger partial charge in [0.2, 0.25) is 0 Å². The second kappa shape index (κ2) is 8.46. The molecule has 4 heterocycles. The SMILES string of the molecule is Cn1nccc1N1CCC[C@@H](NC(=O)c2oc3ccccc3c2CSc2ncn[nH]2)C1. The Morgan fingerprint density at radius 2 is 2.26 bits per heavy atom. The van der Waals surface area contributed by atoms with Crippen molar-refractivity contribution in [2.45, 2.75) is 29.8 Å². The summed E-state index contributed by atoms with van der Waals surface area (Å²) < 4.78 is 7.85. The van der Waals surface area contributed by atoms with E-state index in [1.165, 1.54) is 18.1 Å². The number of para-hydroxylation sites is 1. The Balaban J connectivity index is 1.35. The van der Waals surface area contributed by atoms with Crippen LogP contribution in [0.3, 0.4) is 0 Å². The summed E-state index contributed by atoms with van der Waals surface area (Å²) in [5, 5.41) is 15.8. The summed E-state index contributed by atoms with van der Waals surface area (Å²) in [5.74, 6) is 1.81. The van der Waals surface area contributed by atoms with E-state index in [1.807, 2.05) is 42.1 Å². The lowest BCUT2D eigenvalue weighted by Crippen LogP contribution is -2.48. The lowest BCUT2D eigenvalue weighted by atomic mass is 10.1. The molecule has 0 radical (unpaired) electrons. The third-order valence-electron chi connectivity index (χ3n) is 5.53. The van der Waals surface area contributed by atoms with Gasteiger partial charge in [-0.25, -0.2) is 4.98 Å². The number of H-pyrrole nitrogens is 1. The van der Waals surface area contributed by atoms with Crippen LogP contribution in [0.25, 0.3) is 11.0 Å². The number of nitrogens with one attached hydrogen (secondary N) is 2. The fourth-order valence-electron chi connectivity index (χ4n) is 4.06. The van der Waals surface area contributed by atoms with Crippen molar-refractivity contribution in [1.29, 1.82) is 0 Å². The Morgan fingerprint density at radius 1 is 1.35 bits per heavy atom. The highest BCUT2D eigenvalue weighted by Crippen LogP contribution is 2.31. The fourth-order valence-corrected chi connectivity index (χ4v) is 4.87. The van der Waals surface area contributed by atoms with Gasteiger partial charge in [0, 0.05) is 48.9 Å². The number of aromatic nitrogens is 5. The average Bonchev–Trinajstić information content (AvgIpc) is 3.52. The summed E-state index contributed by atoms with van der Waals surface area (Å²) in [7, 11) is 1.93. The van der Waals surface area contributed by atoms with Crippen LogP contribution < -0.4 is 10.2 Å². The molecule has 0 unspecified atom stereocenters. The Morgan fingerprint density at radius 3 is 3.06 bits per heavy atom. The molecule has 31 heavy (non-hydrogen) atoms. The van der Waals surface area contributed by atoms with Crippen LogP contribution in [0.2, 0.25) is 0 Å². The van der Waals surface area contributed by atoms with E-state index >= 15 is 0 Å². The van der Waals surface area contributed by atoms with Crippen LogP contribution >= 0.6 is 11.8 Å². The largest absolute Gasteiger partial charge is 0.451 e. The van der Waals surface area contributed by atoms with Crippen molar-refractivity contribution in [1.82, 2.24) is 30.3 Å². The minimum Gasteiger partial charge on any atom is -0.451 e. The average molecular weight is 438 g/mol. The van der Waals surface area contributed by atoms with Gasteiger partial charge in [-0.15, -0.1) is 0 Å². The zero-order valence-corrected chi connectivity index (χ0v) is 17.9. The molecule has 10 heteroatoms. The van der Waals surface area contributed by atoms with E-state index in [9.17, 15) is 4.79 Å². The Hall–Kier alpha value is -3.27. The standard InChI is InChI=1S/C21H23N7O2S/c1-27-18(8-9-24-27)28-10-4-5-14(11-28)25-20(29)19-16(12-31-21-22-13-23-26-21)15-6-2-3-7-17(15)30-19/h2-3,6-9,13-14H,4-5,10-12H2,1H3,(H,25,29)(H,22,23,26)/t14-/m1/s1. The lowest BCUT2D eigenvalue weighted by molar-refractivity contribution is 0.0906. The highest BCUT2D eigenvalue weighted by molar-refractivity contribution is 7.98. The molecular formula is C21H23N7O2S. The van der Waals surface area contributed by atoms with Gasteiger partial charge in [0.25, 0.3) is 5.91 Å². The van der Waals surface area contributed by atoms with E-state index < -0.39 is 0 Å². The Bertz CT molecular complexity index is 1180. The van der Waals surface area contributed by atoms with Crippen LogP contribution in [0.1, 0.15) is 29.0 Å². The van der Waals surface area contributed by atoms with Gasteiger partial charge in [0.05, 0.1) is 6.20 Å². The van der Waals surface area contributed by atoms with Crippen LogP contribution in [-0.2, 0) is 12.8 Å². The number of furan rings is 1. The Kier molecular flexibility index (Phi) is 5.37. The first-order chi connectivity index (χ1) is 15.2. The second-order valence-electron chi connectivity index (χ2n) is 7.56. The van der Waals surface area contributed by atoms with Crippen LogP contribution in [0, 0.1) is 0 Å². The van der Waals surface area contributed by atoms with Gasteiger partial charge in [0.1, 0.15) is 17.7 Å². The van der Waals surface area contributed by atoms with Crippen LogP contribution in [0.5, 0.6) is 0 Å². The molecule has 1 amide bonds. The summed E-state index contributed by atoms with van der Waals surface area (Å²) in [4.78, 5) is 19.7. The third-order valence-corrected chi connectivity index (χ3v) is 6.43. The van der Waals surface area contributed by atoms with Gasteiger partial charge in [-0.05, 0) is 18.9 Å². The van der Waals surface area contributed by atoms with E-state index in [4.69, 9.17) is 4.42 Å². The molecule has 9 nitrogen and oxygen atoms in total. The van der Waals surface area contributed by atoms with Crippen molar-refractivity contribution in [2.24, 2.45) is 7.05 Å². The number of carbonyl (C=O) groups excluding carboxylic acids is 1. The number of rotatable bonds is 6. The van der Waals surface area contributed by atoms with Crippen molar-refractivity contribution >= 4 is 34.5 Å². The summed E-state index contributed by atoms with van der Waals surface area (Å²) >= 11 is 1.49. The first-order valence-corrected chi connectivity index (χ1v) is 11.2. The number of anilines is 1. The first-order valence-electron chi connectivity index (χ1n) is 10.2. The topological polar surface area (TPSA) is 105 Å². The molecule has 4 aromatic rings. The monoisotopic (exact) mass is 437 g/mol. The molecule has 1 saturated heterocycles. The minimum atomic E-state index is -0.179. The summed E-state index contributed by atoms with van der Waals surface area (Å²) in [5.41, 5.74) is 1.58. The van der Waals surface area contributed by atoms with E-state index in [1.54, 1.807) is 6.20 Å². The quantitative estimate of drug-likeness (QED) is 0.447. The molecule has 0 bridgehead atoms. The zero-order valence-electron chi connectivity index (χ0n) is 17.1. The van der Waals surface area contributed by atoms with Crippen molar-refractivity contribution in [3.8, 4) is 0 Å². The number of hydrogen-bond acceptors (Lipinski definition) is 7. The second-order valence-corrected chi connectivity index (χ2v) is 8.52. The number of benzene rings is 1. The summed E-state index contributed by atoms with van der Waals surface area (Å²) in [6.45, 7) is 1.70. The third kappa shape index (κ3) is 4.02. The molecule has 1 aliphatic heterocycles. The maximum atomic E-state index is 13.2. The molecule has 0 saturated carbocycles. The molecule has 1 fully saturated rings. The van der Waals surface area contributed by atoms with Gasteiger partial charge in [0.15, 0.2) is 10.9 Å². The molecule has 3 aromatic heterocycles. The van der Waals surface area contributed by atoms with E-state index in [0.717, 1.165) is 42.7 Å². The van der Waals surface area contributed by atoms with Gasteiger partial charge >= 0.3 is 0 Å². The van der Waals surface area contributed by atoms with Gasteiger partial charge < -0.3 is 14.6 Å². The number of piperidine rings is 1. The van der Waals surface area contributed by atoms with E-state index in [0.29, 0.717) is 22.3 Å². The summed E-state index contributed by atoms with van der Waals surface area (Å²) in [6.07, 6.45) is 5.21. The summed E-state index contributed by atoms with van der Waals surface area (Å²) in [6, 6.07) is 9.78. The fraction of sp³-hybridized carbons (Fsp3) is 0.333. The normalized spacial score (nSPS) is 16.7. The van der Waals surface area contributed by atoms with Gasteiger partial charge in [-0.1, -0.05) is 30.0 Å². The molecule has 2 N–H and O–H groups in total. The number of thioether (sulfide) groups is 1. The van der Waals surface area contributed by atoms with Crippen LogP contribution in [-0.4, -0.2) is 50.0 Å². The minimum absolute atomic E-state index is 0.0409. The smallest absolute Gasteiger partial charge is 0.287 e. The first kappa shape index (κ1) is 19.7. The molecule has 5 rings (SSSR count). The highest BCUT2D eigenvalue weighted by Gasteiger charge is 2.27. The number of hydrogen-bond donors (Lipinski definition) is 2. The van der Waals surface area contributed by atoms with Crippen molar-refractivity contribution < 1.29 is 9.21 Å². The number of fused-ring (bicyclic) bond motifs is 1. The molecule has 1 atom stereocenters. The predicted octanol–water partition coefficient (Wildman–Crippen LogP) is 2.98. The molecular weight excluding hydrogens is 414 g/mol. The molecule has 0 aliphatic carbocycles. The van der Waals surface area contributed by atoms with E-state index in [2.05, 4.69) is 30.5 Å². The number of aryl methyl sites for hydroxylation is 1. The van der Waals surface area contributed by atoms with Gasteiger partial charge in [-0.2, -0.15) is 10.2 Å². The number of carbonyl (C=O) groups is 1. The maximum absolute atomic E-state index is 13.2. The number of aromatic amines is 1. The molecule has 0 spiro atoms. The maximum Gasteiger partial charge on any atom is 0.287 e. The molecule has 1 aliphatic rings. The van der Waals surface area contributed by atoms with Crippen LogP contribution in [0.15, 0.2) is 52.4 Å². The highest BCUT2D eigenvalue weighted by atomic mass is 32.2. The van der Waals surface area contributed by atoms with Crippen LogP contribution in [0.4, 0.5) is 5.82 Å². The Labute approximate surface area is 183 Å². The van der Waals surface area contributed by atoms with Crippen molar-refractivity contribution in [3.05, 3.63) is 54.2 Å². The zero-order chi connectivity index (χ0) is 21.2. The van der Waals surface area contributed by atoms with E-state index in [-0.39, 0.29) is 11.9 Å². The lowest BCUT2D eigenvalue weighted by Gasteiger charge is -2.34. The number of nitrogens with zero attached hydrogens (tertiary/aromatic N) is 5. The number of amides is 1. The molecule has 160 valence electrons.